The maximum absolute atomic E-state index is 10.0. The van der Waals surface area contributed by atoms with E-state index in [1.807, 2.05) is 24.8 Å². The van der Waals surface area contributed by atoms with Gasteiger partial charge in [-0.05, 0) is 97.0 Å². The summed E-state index contributed by atoms with van der Waals surface area (Å²) in [4.78, 5) is 15.2. The number of rotatable bonds is 8. The summed E-state index contributed by atoms with van der Waals surface area (Å²) in [5, 5.41) is 2.50. The summed E-state index contributed by atoms with van der Waals surface area (Å²) >= 11 is 0. The third kappa shape index (κ3) is 8.43. The predicted molar refractivity (Wildman–Crippen MR) is 353 cm³/mol. The lowest BCUT2D eigenvalue weighted by Gasteiger charge is -2.46. The molecule has 0 radical (unpaired) electrons. The molecule has 9 aromatic carbocycles. The van der Waals surface area contributed by atoms with Gasteiger partial charge in [-0.2, -0.15) is 0 Å². The van der Waals surface area contributed by atoms with Crippen molar-refractivity contribution in [3.8, 4) is 50.2 Å². The molecule has 0 N–H and O–H groups in total. The monoisotopic (exact) mass is 1080 g/mol. The number of benzene rings is 9. The standard InChI is InChI=1S/C75H66BN5Si/c1-74(2,3)53-34-37-63-67(40-53)80(72-59(49-24-14-10-15-25-49)45-77-46-60(72)50-26-16-11-17-27-50)69-42-55(79-65-33-23-22-32-57(65)58-44-56(82(7,8)9)36-39-66(58)79)43-70-71(69)76(63)64-38-35-54(75(4,5)6)41-68(64)81(70)73-61(51-28-18-12-19-29-51)47-78-48-62(73)52-30-20-13-21-31-52/h10-48H,1-9H3/i22D,23D,32D,33D. The van der Waals surface area contributed by atoms with E-state index in [0.717, 1.165) is 112 Å². The van der Waals surface area contributed by atoms with Crippen molar-refractivity contribution in [1.29, 1.82) is 0 Å². The van der Waals surface area contributed by atoms with Crippen LogP contribution in [0.5, 0.6) is 0 Å². The molecule has 12 aromatic rings. The van der Waals surface area contributed by atoms with Gasteiger partial charge in [-0.25, -0.2) is 0 Å². The van der Waals surface area contributed by atoms with Gasteiger partial charge in [-0.15, -0.1) is 0 Å². The third-order valence-electron chi connectivity index (χ3n) is 16.9. The van der Waals surface area contributed by atoms with E-state index < -0.39 is 8.07 Å². The van der Waals surface area contributed by atoms with Crippen LogP contribution in [-0.2, 0) is 10.8 Å². The number of anilines is 6. The molecule has 0 fully saturated rings. The highest BCUT2D eigenvalue weighted by Gasteiger charge is 2.46. The quantitative estimate of drug-likeness (QED) is 0.142. The molecule has 14 rings (SSSR count). The fourth-order valence-corrected chi connectivity index (χ4v) is 13.8. The lowest BCUT2D eigenvalue weighted by Crippen LogP contribution is -2.61. The first kappa shape index (κ1) is 46.7. The summed E-state index contributed by atoms with van der Waals surface area (Å²) in [5.41, 5.74) is 21.1. The molecule has 7 heteroatoms. The highest BCUT2D eigenvalue weighted by atomic mass is 28.3. The van der Waals surface area contributed by atoms with Crippen molar-refractivity contribution in [2.24, 2.45) is 0 Å². The molecule has 0 amide bonds. The SMILES string of the molecule is [2H]c1c([2H])c([2H])c2c(c1[2H])c1cc([Si](C)(C)C)ccc1n2-c1cc2c3c(c1)N(c1c(-c4ccccc4)cncc1-c1ccccc1)c1cc(C(C)(C)C)ccc1B3c1ccc(C(C)(C)C)cc1N2c1c(-c2ccccc2)cncc1-c1ccccc1. The van der Waals surface area contributed by atoms with E-state index in [1.165, 1.54) is 16.3 Å². The number of fused-ring (bicyclic) bond motifs is 7. The molecule has 5 heterocycles. The molecule has 82 heavy (non-hydrogen) atoms. The first-order valence-corrected chi connectivity index (χ1v) is 32.1. The Labute approximate surface area is 490 Å². The number of para-hydroxylation sites is 1. The molecule has 0 spiro atoms. The van der Waals surface area contributed by atoms with Crippen LogP contribution >= 0.6 is 0 Å². The Kier molecular flexibility index (Phi) is 11.0. The second kappa shape index (κ2) is 19.3. The first-order valence-electron chi connectivity index (χ1n) is 30.6. The smallest absolute Gasteiger partial charge is 0.252 e. The third-order valence-corrected chi connectivity index (χ3v) is 19.0. The Morgan fingerprint density at radius 3 is 1.24 bits per heavy atom. The second-order valence-corrected chi connectivity index (χ2v) is 30.3. The number of hydrogen-bond acceptors (Lipinski definition) is 4. The molecule has 0 saturated carbocycles. The summed E-state index contributed by atoms with van der Waals surface area (Å²) in [6, 6.07) is 67.1. The Hall–Kier alpha value is -9.04. The van der Waals surface area contributed by atoms with Gasteiger partial charge in [0.05, 0.1) is 41.7 Å². The van der Waals surface area contributed by atoms with Crippen molar-refractivity contribution < 1.29 is 5.48 Å². The van der Waals surface area contributed by atoms with Crippen molar-refractivity contribution >= 4 is 92.3 Å². The van der Waals surface area contributed by atoms with E-state index in [-0.39, 0.29) is 41.7 Å². The minimum Gasteiger partial charge on any atom is -0.310 e. The molecule has 0 unspecified atom stereocenters. The van der Waals surface area contributed by atoms with Crippen LogP contribution in [-0.4, -0.2) is 29.3 Å². The van der Waals surface area contributed by atoms with Gasteiger partial charge in [0.25, 0.3) is 6.71 Å². The number of aromatic nitrogens is 3. The van der Waals surface area contributed by atoms with Crippen LogP contribution in [0.4, 0.5) is 34.1 Å². The van der Waals surface area contributed by atoms with Crippen LogP contribution in [0.2, 0.25) is 19.6 Å². The molecule has 0 saturated heterocycles. The zero-order valence-corrected chi connectivity index (χ0v) is 49.0. The lowest BCUT2D eigenvalue weighted by molar-refractivity contribution is 0.590. The van der Waals surface area contributed by atoms with Crippen molar-refractivity contribution in [2.45, 2.75) is 72.0 Å². The van der Waals surface area contributed by atoms with E-state index in [4.69, 9.17) is 9.97 Å². The van der Waals surface area contributed by atoms with E-state index in [9.17, 15) is 5.48 Å². The Balaban J connectivity index is 1.23. The van der Waals surface area contributed by atoms with Crippen molar-refractivity contribution in [1.82, 2.24) is 14.5 Å². The molecular weight excluding hydrogens is 1010 g/mol. The van der Waals surface area contributed by atoms with Gasteiger partial charge in [0.15, 0.2) is 0 Å². The largest absolute Gasteiger partial charge is 0.310 e. The summed E-state index contributed by atoms with van der Waals surface area (Å²) in [7, 11) is -1.95. The van der Waals surface area contributed by atoms with E-state index >= 15 is 0 Å². The fraction of sp³-hybridized carbons (Fsp3) is 0.147. The summed E-state index contributed by atoms with van der Waals surface area (Å²) in [6.45, 7) is 20.4. The summed E-state index contributed by atoms with van der Waals surface area (Å²) < 4.78 is 40.5. The molecule has 0 atom stereocenters. The van der Waals surface area contributed by atoms with Gasteiger partial charge in [0.1, 0.15) is 0 Å². The van der Waals surface area contributed by atoms with Crippen LogP contribution in [0.3, 0.4) is 0 Å². The van der Waals surface area contributed by atoms with Crippen LogP contribution < -0.4 is 31.4 Å². The van der Waals surface area contributed by atoms with Crippen molar-refractivity contribution in [2.75, 3.05) is 9.80 Å². The number of nitrogens with zero attached hydrogens (tertiary/aromatic N) is 5. The molecule has 2 aliphatic rings. The topological polar surface area (TPSA) is 37.2 Å². The Morgan fingerprint density at radius 1 is 0.427 bits per heavy atom. The van der Waals surface area contributed by atoms with Gasteiger partial charge < -0.3 is 14.4 Å². The molecule has 3 aromatic heterocycles. The van der Waals surface area contributed by atoms with Crippen LogP contribution in [0.15, 0.2) is 237 Å². The minimum atomic E-state index is -1.95. The fourth-order valence-electron chi connectivity index (χ4n) is 12.7. The van der Waals surface area contributed by atoms with Gasteiger partial charge in [-0.3, -0.25) is 9.97 Å². The Morgan fingerprint density at radius 2 is 0.841 bits per heavy atom. The average molecular weight is 1080 g/mol. The van der Waals surface area contributed by atoms with E-state index in [0.29, 0.717) is 10.9 Å². The van der Waals surface area contributed by atoms with Gasteiger partial charge in [0, 0.05) is 80.6 Å². The lowest BCUT2D eigenvalue weighted by atomic mass is 9.33. The molecule has 398 valence electrons. The van der Waals surface area contributed by atoms with Gasteiger partial charge in [-0.1, -0.05) is 242 Å². The zero-order valence-electron chi connectivity index (χ0n) is 52.0. The van der Waals surface area contributed by atoms with Crippen molar-refractivity contribution in [3.63, 3.8) is 0 Å². The number of pyridine rings is 2. The van der Waals surface area contributed by atoms with Gasteiger partial charge in [0.2, 0.25) is 0 Å². The molecule has 0 bridgehead atoms. The number of hydrogen-bond donors (Lipinski definition) is 0. The zero-order chi connectivity index (χ0) is 59.7. The normalized spacial score (nSPS) is 13.8. The highest BCUT2D eigenvalue weighted by molar-refractivity contribution is 7.00. The maximum Gasteiger partial charge on any atom is 0.252 e. The molecule has 0 aliphatic carbocycles. The minimum absolute atomic E-state index is 0.0547. The molecule has 2 aliphatic heterocycles. The van der Waals surface area contributed by atoms with Crippen LogP contribution in [0, 0.1) is 0 Å². The van der Waals surface area contributed by atoms with Gasteiger partial charge >= 0.3 is 0 Å². The summed E-state index contributed by atoms with van der Waals surface area (Å²) in [6.07, 6.45) is 8.04. The Bertz CT molecular complexity index is 4370. The van der Waals surface area contributed by atoms with E-state index in [2.05, 4.69) is 264 Å². The average Bonchev–Trinajstić information content (AvgIpc) is 0.889. The van der Waals surface area contributed by atoms with Crippen LogP contribution in [0.1, 0.15) is 58.2 Å². The predicted octanol–water partition coefficient (Wildman–Crippen LogP) is 17.5. The molecular formula is C75H66BN5Si. The second-order valence-electron chi connectivity index (χ2n) is 25.2. The van der Waals surface area contributed by atoms with Crippen molar-refractivity contribution in [3.05, 3.63) is 248 Å². The first-order chi connectivity index (χ1) is 41.3. The summed E-state index contributed by atoms with van der Waals surface area (Å²) in [5.74, 6) is 0. The maximum atomic E-state index is 10.0. The van der Waals surface area contributed by atoms with Crippen LogP contribution in [0.25, 0.3) is 72.0 Å². The van der Waals surface area contributed by atoms with E-state index in [1.54, 1.807) is 0 Å². The highest BCUT2D eigenvalue weighted by Crippen LogP contribution is 2.54. The molecule has 5 nitrogen and oxygen atoms in total.